The zero-order valence-corrected chi connectivity index (χ0v) is 9.57. The van der Waals surface area contributed by atoms with Crippen LogP contribution in [0.15, 0.2) is 24.3 Å². The van der Waals surface area contributed by atoms with Crippen molar-refractivity contribution in [3.05, 3.63) is 35.4 Å². The second kappa shape index (κ2) is 4.97. The minimum atomic E-state index is 0.0446. The summed E-state index contributed by atoms with van der Waals surface area (Å²) in [5.41, 5.74) is 7.16. The standard InChI is InChI=1S/C12H16N4O/c13-12(14)10-4-2-1-3-9(10)8-16-6-5-15-7-11(16)17/h1-4,15H,5-8H2,(H3,13,14). The lowest BCUT2D eigenvalue weighted by molar-refractivity contribution is -0.132. The second-order valence-electron chi connectivity index (χ2n) is 4.06. The number of rotatable bonds is 3. The molecular weight excluding hydrogens is 216 g/mol. The lowest BCUT2D eigenvalue weighted by Crippen LogP contribution is -2.47. The van der Waals surface area contributed by atoms with E-state index in [-0.39, 0.29) is 11.7 Å². The molecule has 0 radical (unpaired) electrons. The van der Waals surface area contributed by atoms with Crippen molar-refractivity contribution < 1.29 is 4.79 Å². The topological polar surface area (TPSA) is 82.2 Å². The number of amidine groups is 1. The molecule has 4 N–H and O–H groups in total. The molecule has 0 bridgehead atoms. The number of piperazine rings is 1. The number of nitrogen functional groups attached to an aromatic ring is 1. The molecule has 5 heteroatoms. The van der Waals surface area contributed by atoms with E-state index < -0.39 is 0 Å². The van der Waals surface area contributed by atoms with Gasteiger partial charge in [0.1, 0.15) is 5.84 Å². The second-order valence-corrected chi connectivity index (χ2v) is 4.06. The van der Waals surface area contributed by atoms with Gasteiger partial charge in [-0.25, -0.2) is 0 Å². The lowest BCUT2D eigenvalue weighted by atomic mass is 10.1. The van der Waals surface area contributed by atoms with Crippen molar-refractivity contribution in [1.29, 1.82) is 5.41 Å². The van der Waals surface area contributed by atoms with Crippen LogP contribution in [0.4, 0.5) is 0 Å². The highest BCUT2D eigenvalue weighted by atomic mass is 16.2. The van der Waals surface area contributed by atoms with Gasteiger partial charge in [-0.2, -0.15) is 0 Å². The molecule has 2 rings (SSSR count). The molecule has 1 fully saturated rings. The summed E-state index contributed by atoms with van der Waals surface area (Å²) in [6.07, 6.45) is 0. The first-order chi connectivity index (χ1) is 8.18. The zero-order valence-electron chi connectivity index (χ0n) is 9.57. The first kappa shape index (κ1) is 11.6. The molecule has 1 heterocycles. The van der Waals surface area contributed by atoms with Crippen LogP contribution in [0.3, 0.4) is 0 Å². The zero-order chi connectivity index (χ0) is 12.3. The van der Waals surface area contributed by atoms with Crippen LogP contribution < -0.4 is 11.1 Å². The molecule has 1 aliphatic heterocycles. The molecule has 1 aromatic carbocycles. The van der Waals surface area contributed by atoms with Crippen molar-refractivity contribution in [3.8, 4) is 0 Å². The van der Waals surface area contributed by atoms with E-state index in [0.717, 1.165) is 12.1 Å². The molecule has 0 saturated carbocycles. The van der Waals surface area contributed by atoms with E-state index in [2.05, 4.69) is 5.32 Å². The van der Waals surface area contributed by atoms with Gasteiger partial charge in [0.2, 0.25) is 5.91 Å². The number of amides is 1. The Bertz CT molecular complexity index is 444. The van der Waals surface area contributed by atoms with E-state index in [1.807, 2.05) is 24.3 Å². The predicted octanol–water partition coefficient (Wildman–Crippen LogP) is -0.0975. The van der Waals surface area contributed by atoms with Crippen molar-refractivity contribution in [2.24, 2.45) is 5.73 Å². The fourth-order valence-corrected chi connectivity index (χ4v) is 1.94. The summed E-state index contributed by atoms with van der Waals surface area (Å²) >= 11 is 0. The van der Waals surface area contributed by atoms with Gasteiger partial charge in [0, 0.05) is 25.2 Å². The quantitative estimate of drug-likeness (QED) is 0.503. The maximum absolute atomic E-state index is 11.7. The molecule has 1 saturated heterocycles. The number of carbonyl (C=O) groups excluding carboxylic acids is 1. The van der Waals surface area contributed by atoms with Crippen LogP contribution in [0.2, 0.25) is 0 Å². The number of nitrogens with two attached hydrogens (primary N) is 1. The van der Waals surface area contributed by atoms with Crippen molar-refractivity contribution in [2.75, 3.05) is 19.6 Å². The van der Waals surface area contributed by atoms with Gasteiger partial charge in [-0.3, -0.25) is 10.2 Å². The van der Waals surface area contributed by atoms with Crippen LogP contribution >= 0.6 is 0 Å². The summed E-state index contributed by atoms with van der Waals surface area (Å²) in [5.74, 6) is 0.137. The van der Waals surface area contributed by atoms with Gasteiger partial charge in [0.15, 0.2) is 0 Å². The molecular formula is C12H16N4O. The molecule has 5 nitrogen and oxygen atoms in total. The summed E-state index contributed by atoms with van der Waals surface area (Å²) in [4.78, 5) is 13.4. The summed E-state index contributed by atoms with van der Waals surface area (Å²) in [7, 11) is 0. The molecule has 1 aromatic rings. The minimum absolute atomic E-state index is 0.0446. The molecule has 0 aromatic heterocycles. The fourth-order valence-electron chi connectivity index (χ4n) is 1.94. The monoisotopic (exact) mass is 232 g/mol. The van der Waals surface area contributed by atoms with Crippen molar-refractivity contribution in [1.82, 2.24) is 10.2 Å². The number of hydrogen-bond acceptors (Lipinski definition) is 3. The molecule has 0 aliphatic carbocycles. The third kappa shape index (κ3) is 2.62. The van der Waals surface area contributed by atoms with Gasteiger partial charge in [-0.15, -0.1) is 0 Å². The van der Waals surface area contributed by atoms with Gasteiger partial charge in [0.25, 0.3) is 0 Å². The van der Waals surface area contributed by atoms with E-state index in [1.165, 1.54) is 0 Å². The van der Waals surface area contributed by atoms with Gasteiger partial charge < -0.3 is 16.0 Å². The van der Waals surface area contributed by atoms with E-state index in [0.29, 0.717) is 25.2 Å². The Morgan fingerprint density at radius 3 is 2.94 bits per heavy atom. The Hall–Kier alpha value is -1.88. The maximum atomic E-state index is 11.7. The smallest absolute Gasteiger partial charge is 0.236 e. The van der Waals surface area contributed by atoms with Crippen molar-refractivity contribution in [2.45, 2.75) is 6.54 Å². The summed E-state index contributed by atoms with van der Waals surface area (Å²) in [6, 6.07) is 7.46. The number of nitrogens with one attached hydrogen (secondary N) is 2. The Morgan fingerprint density at radius 1 is 1.47 bits per heavy atom. The van der Waals surface area contributed by atoms with Crippen LogP contribution in [0.1, 0.15) is 11.1 Å². The van der Waals surface area contributed by atoms with Crippen molar-refractivity contribution >= 4 is 11.7 Å². The van der Waals surface area contributed by atoms with E-state index in [1.54, 1.807) is 4.90 Å². The SMILES string of the molecule is N=C(N)c1ccccc1CN1CCNCC1=O. The molecule has 1 aliphatic rings. The van der Waals surface area contributed by atoms with Gasteiger partial charge >= 0.3 is 0 Å². The van der Waals surface area contributed by atoms with Gasteiger partial charge in [-0.05, 0) is 5.56 Å². The number of carbonyl (C=O) groups is 1. The normalized spacial score (nSPS) is 16.0. The first-order valence-corrected chi connectivity index (χ1v) is 5.59. The summed E-state index contributed by atoms with van der Waals surface area (Å²) in [5, 5.41) is 10.5. The van der Waals surface area contributed by atoms with Crippen molar-refractivity contribution in [3.63, 3.8) is 0 Å². The average molecular weight is 232 g/mol. The molecule has 0 unspecified atom stereocenters. The van der Waals surface area contributed by atoms with E-state index in [9.17, 15) is 4.79 Å². The summed E-state index contributed by atoms with van der Waals surface area (Å²) < 4.78 is 0. The van der Waals surface area contributed by atoms with Crippen LogP contribution in [-0.2, 0) is 11.3 Å². The Labute approximate surface area is 100 Å². The van der Waals surface area contributed by atoms with Crippen LogP contribution in [0.5, 0.6) is 0 Å². The Morgan fingerprint density at radius 2 is 2.24 bits per heavy atom. The minimum Gasteiger partial charge on any atom is -0.384 e. The number of nitrogens with zero attached hydrogens (tertiary/aromatic N) is 1. The Kier molecular flexibility index (Phi) is 3.39. The van der Waals surface area contributed by atoms with Crippen LogP contribution in [0, 0.1) is 5.41 Å². The summed E-state index contributed by atoms with van der Waals surface area (Å²) in [6.45, 7) is 2.43. The molecule has 17 heavy (non-hydrogen) atoms. The van der Waals surface area contributed by atoms with Gasteiger partial charge in [-0.1, -0.05) is 24.3 Å². The third-order valence-corrected chi connectivity index (χ3v) is 2.86. The highest BCUT2D eigenvalue weighted by Gasteiger charge is 2.18. The Balaban J connectivity index is 2.17. The first-order valence-electron chi connectivity index (χ1n) is 5.59. The molecule has 0 atom stereocenters. The molecule has 0 spiro atoms. The highest BCUT2D eigenvalue weighted by Crippen LogP contribution is 2.12. The van der Waals surface area contributed by atoms with Crippen LogP contribution in [-0.4, -0.2) is 36.3 Å². The molecule has 1 amide bonds. The predicted molar refractivity (Wildman–Crippen MR) is 65.7 cm³/mol. The molecule has 90 valence electrons. The number of hydrogen-bond donors (Lipinski definition) is 3. The number of benzene rings is 1. The van der Waals surface area contributed by atoms with Crippen LogP contribution in [0.25, 0.3) is 0 Å². The fraction of sp³-hybridized carbons (Fsp3) is 0.333. The average Bonchev–Trinajstić information content (AvgIpc) is 2.32. The van der Waals surface area contributed by atoms with Gasteiger partial charge in [0.05, 0.1) is 6.54 Å². The third-order valence-electron chi connectivity index (χ3n) is 2.86. The largest absolute Gasteiger partial charge is 0.384 e. The lowest BCUT2D eigenvalue weighted by Gasteiger charge is -2.28. The maximum Gasteiger partial charge on any atom is 0.236 e. The van der Waals surface area contributed by atoms with E-state index >= 15 is 0 Å². The highest BCUT2D eigenvalue weighted by molar-refractivity contribution is 5.96. The van der Waals surface area contributed by atoms with E-state index in [4.69, 9.17) is 11.1 Å².